The Morgan fingerprint density at radius 1 is 0.789 bits per heavy atom. The fourth-order valence-corrected chi connectivity index (χ4v) is 3.54. The molecule has 0 heterocycles. The number of rotatable bonds is 19. The number of carbonyl (C=O) groups is 3. The van der Waals surface area contributed by atoms with Crippen LogP contribution in [0.15, 0.2) is 0 Å². The topological polar surface area (TPSA) is 105 Å². The van der Waals surface area contributed by atoms with Gasteiger partial charge in [0.15, 0.2) is 0 Å². The van der Waals surface area contributed by atoms with Gasteiger partial charge in [0.25, 0.3) is 0 Å². The summed E-state index contributed by atoms with van der Waals surface area (Å²) >= 11 is 0. The van der Waals surface area contributed by atoms with Crippen molar-refractivity contribution in [2.45, 2.75) is 118 Å². The molecule has 1 amide bonds. The third-order valence-electron chi connectivity index (χ3n) is 5.73. The lowest BCUT2D eigenvalue weighted by Crippen LogP contribution is -2.36. The Labute approximate surface area is 238 Å². The first kappa shape index (κ1) is 52.7. The van der Waals surface area contributed by atoms with Crippen LogP contribution < -0.4 is 5.32 Å². The van der Waals surface area contributed by atoms with Gasteiger partial charge in [0.05, 0.1) is 25.0 Å². The van der Waals surface area contributed by atoms with E-state index >= 15 is 0 Å². The maximum absolute atomic E-state index is 12.7. The Morgan fingerprint density at radius 2 is 1.34 bits per heavy atom. The first-order chi connectivity index (χ1) is 15.3. The van der Waals surface area contributed by atoms with E-state index < -0.39 is 17.8 Å². The molecule has 0 aromatic carbocycles. The summed E-state index contributed by atoms with van der Waals surface area (Å²) in [5.74, 6) is -2.34. The first-order valence-corrected chi connectivity index (χ1v) is 12.3. The molecule has 0 spiro atoms. The van der Waals surface area contributed by atoms with E-state index in [4.69, 9.17) is 14.6 Å². The highest BCUT2D eigenvalue weighted by Crippen LogP contribution is 2.25. The predicted molar refractivity (Wildman–Crippen MR) is 165 cm³/mol. The second-order valence-corrected chi connectivity index (χ2v) is 8.26. The molecule has 0 radical (unpaired) electrons. The van der Waals surface area contributed by atoms with Crippen LogP contribution in [0.5, 0.6) is 0 Å². The largest absolute Gasteiger partial charge is 0.465 e. The van der Waals surface area contributed by atoms with Gasteiger partial charge in [0, 0.05) is 12.5 Å². The molecule has 0 saturated heterocycles. The number of ether oxygens (including phenoxy) is 2. The number of aliphatic hydroxyl groups excluding tert-OH is 1. The predicted octanol–water partition coefficient (Wildman–Crippen LogP) is 6.59. The number of nitrogens with zero attached hydrogens (tertiary/aromatic N) is 1. The van der Waals surface area contributed by atoms with Crippen LogP contribution >= 0.6 is 0 Å². The minimum atomic E-state index is -0.610. The molecule has 0 fully saturated rings. The van der Waals surface area contributed by atoms with E-state index in [-0.39, 0.29) is 82.0 Å². The van der Waals surface area contributed by atoms with Gasteiger partial charge in [-0.25, -0.2) is 0 Å². The molecule has 0 aromatic heterocycles. The van der Waals surface area contributed by atoms with Crippen molar-refractivity contribution < 1.29 is 29.0 Å². The standard InChI is InChI=1S/C24H46N2O6.6CH4/c1-6-10-15-31-23(29)19(5)17-21(24(30)32-16-14-27)18-20(7-2)22(28)25-12-11-13-26(8-3)9-4;;;;;;/h19-21,27H,6-18H2,1-5H3,(H,25,28);6*1H4. The molecule has 2 N–H and O–H groups in total. The van der Waals surface area contributed by atoms with Crippen LogP contribution in [0.4, 0.5) is 0 Å². The Balaban J connectivity index is -0.000000320. The molecule has 3 atom stereocenters. The number of amides is 1. The maximum Gasteiger partial charge on any atom is 0.309 e. The molecule has 0 aliphatic carbocycles. The van der Waals surface area contributed by atoms with Gasteiger partial charge in [-0.15, -0.1) is 0 Å². The van der Waals surface area contributed by atoms with Crippen LogP contribution in [-0.2, 0) is 23.9 Å². The quantitative estimate of drug-likeness (QED) is 0.137. The Morgan fingerprint density at radius 3 is 1.82 bits per heavy atom. The highest BCUT2D eigenvalue weighted by molar-refractivity contribution is 5.80. The SMILES string of the molecule is C.C.C.C.C.C.CCCCOC(=O)C(C)CC(CC(CC)C(=O)NCCCN(CC)CC)C(=O)OCCO. The maximum atomic E-state index is 12.7. The molecule has 38 heavy (non-hydrogen) atoms. The third kappa shape index (κ3) is 23.4. The molecule has 0 bridgehead atoms. The van der Waals surface area contributed by atoms with Gasteiger partial charge in [-0.2, -0.15) is 0 Å². The lowest BCUT2D eigenvalue weighted by molar-refractivity contribution is -0.153. The van der Waals surface area contributed by atoms with Crippen molar-refractivity contribution in [1.82, 2.24) is 10.2 Å². The van der Waals surface area contributed by atoms with E-state index in [0.717, 1.165) is 38.9 Å². The summed E-state index contributed by atoms with van der Waals surface area (Å²) in [6.45, 7) is 13.4. The summed E-state index contributed by atoms with van der Waals surface area (Å²) in [5.41, 5.74) is 0. The summed E-state index contributed by atoms with van der Waals surface area (Å²) in [7, 11) is 0. The Kier molecular flexibility index (Phi) is 46.3. The lowest BCUT2D eigenvalue weighted by atomic mass is 9.86. The zero-order valence-corrected chi connectivity index (χ0v) is 20.9. The fraction of sp³-hybridized carbons (Fsp3) is 0.900. The Bertz CT molecular complexity index is 527. The van der Waals surface area contributed by atoms with Crippen LogP contribution in [-0.4, -0.2) is 73.9 Å². The lowest BCUT2D eigenvalue weighted by Gasteiger charge is -2.23. The normalized spacial score (nSPS) is 11.8. The molecule has 0 saturated carbocycles. The molecular formula is C30H70N2O6. The molecular weight excluding hydrogens is 484 g/mol. The first-order valence-electron chi connectivity index (χ1n) is 12.3. The van der Waals surface area contributed by atoms with Gasteiger partial charge < -0.3 is 24.8 Å². The minimum absolute atomic E-state index is 0. The number of carbonyl (C=O) groups excluding carboxylic acids is 3. The summed E-state index contributed by atoms with van der Waals surface area (Å²) in [4.78, 5) is 39.9. The summed E-state index contributed by atoms with van der Waals surface area (Å²) in [5, 5.41) is 12.0. The minimum Gasteiger partial charge on any atom is -0.465 e. The van der Waals surface area contributed by atoms with Gasteiger partial charge in [-0.05, 0) is 51.7 Å². The molecule has 236 valence electrons. The number of aliphatic hydroxyl groups is 1. The van der Waals surface area contributed by atoms with Crippen molar-refractivity contribution in [2.75, 3.05) is 46.0 Å². The second kappa shape index (κ2) is 33.4. The van der Waals surface area contributed by atoms with Crippen molar-refractivity contribution >= 4 is 17.8 Å². The number of hydrogen-bond donors (Lipinski definition) is 2. The fourth-order valence-electron chi connectivity index (χ4n) is 3.54. The zero-order valence-electron chi connectivity index (χ0n) is 20.9. The van der Waals surface area contributed by atoms with Crippen molar-refractivity contribution in [1.29, 1.82) is 0 Å². The van der Waals surface area contributed by atoms with Crippen molar-refractivity contribution in [3.63, 3.8) is 0 Å². The molecule has 8 nitrogen and oxygen atoms in total. The van der Waals surface area contributed by atoms with Crippen LogP contribution in [0.2, 0.25) is 0 Å². The van der Waals surface area contributed by atoms with Crippen molar-refractivity contribution in [3.8, 4) is 0 Å². The van der Waals surface area contributed by atoms with E-state index in [9.17, 15) is 14.4 Å². The van der Waals surface area contributed by atoms with Gasteiger partial charge in [-0.1, -0.05) is 85.6 Å². The van der Waals surface area contributed by atoms with E-state index in [1.54, 1.807) is 6.92 Å². The van der Waals surface area contributed by atoms with Gasteiger partial charge in [0.1, 0.15) is 6.61 Å². The van der Waals surface area contributed by atoms with Gasteiger partial charge >= 0.3 is 11.9 Å². The molecule has 0 aliphatic heterocycles. The van der Waals surface area contributed by atoms with Crippen molar-refractivity contribution in [3.05, 3.63) is 0 Å². The van der Waals surface area contributed by atoms with Crippen LogP contribution in [0, 0.1) is 17.8 Å². The van der Waals surface area contributed by atoms with E-state index in [1.165, 1.54) is 0 Å². The van der Waals surface area contributed by atoms with Crippen LogP contribution in [0.3, 0.4) is 0 Å². The van der Waals surface area contributed by atoms with Gasteiger partial charge in [0.2, 0.25) is 5.91 Å². The van der Waals surface area contributed by atoms with E-state index in [0.29, 0.717) is 26.0 Å². The average molecular weight is 555 g/mol. The summed E-state index contributed by atoms with van der Waals surface area (Å²) in [6, 6.07) is 0. The highest BCUT2D eigenvalue weighted by Gasteiger charge is 2.31. The zero-order chi connectivity index (χ0) is 24.4. The summed E-state index contributed by atoms with van der Waals surface area (Å²) in [6.07, 6.45) is 3.73. The number of hydrogen-bond acceptors (Lipinski definition) is 7. The van der Waals surface area contributed by atoms with Crippen LogP contribution in [0.1, 0.15) is 118 Å². The highest BCUT2D eigenvalue weighted by atomic mass is 16.5. The van der Waals surface area contributed by atoms with E-state index in [1.807, 2.05) is 13.8 Å². The monoisotopic (exact) mass is 555 g/mol. The molecule has 0 aliphatic rings. The molecule has 0 aromatic rings. The summed E-state index contributed by atoms with van der Waals surface area (Å²) < 4.78 is 10.4. The second-order valence-electron chi connectivity index (χ2n) is 8.26. The van der Waals surface area contributed by atoms with Crippen molar-refractivity contribution in [2.24, 2.45) is 17.8 Å². The average Bonchev–Trinajstić information content (AvgIpc) is 2.79. The number of unbranched alkanes of at least 4 members (excludes halogenated alkanes) is 1. The molecule has 3 unspecified atom stereocenters. The van der Waals surface area contributed by atoms with Gasteiger partial charge in [-0.3, -0.25) is 14.4 Å². The Hall–Kier alpha value is -1.67. The van der Waals surface area contributed by atoms with E-state index in [2.05, 4.69) is 24.1 Å². The third-order valence-corrected chi connectivity index (χ3v) is 5.73. The molecule has 8 heteroatoms. The van der Waals surface area contributed by atoms with Crippen LogP contribution in [0.25, 0.3) is 0 Å². The number of esters is 2. The smallest absolute Gasteiger partial charge is 0.309 e. The molecule has 0 rings (SSSR count). The number of nitrogens with one attached hydrogen (secondary N) is 1.